The zero-order chi connectivity index (χ0) is 27.3. The first-order chi connectivity index (χ1) is 18.1. The standard InChI is InChI=1S/C23H19Cl2F3N6O4/c1-9-29-23(34(31-9)15-4-2-3-11(24)17(15)25)22-21(37)19(20(36)16(8-35)38-22)33-7-14(30-32-33)10-5-12(26)18(28)13(27)6-10/h2-7,16,19-22,35-37H,8H2,1H3/t16-,19+,20?,21-,22-/m1/s1. The summed E-state index contributed by atoms with van der Waals surface area (Å²) in [7, 11) is 0. The number of aliphatic hydroxyl groups excluding tert-OH is 3. The van der Waals surface area contributed by atoms with Crippen LogP contribution in [0.1, 0.15) is 23.8 Å². The number of aliphatic hydroxyl groups is 3. The predicted molar refractivity (Wildman–Crippen MR) is 127 cm³/mol. The van der Waals surface area contributed by atoms with Gasteiger partial charge in [-0.3, -0.25) is 0 Å². The molecule has 0 saturated carbocycles. The maximum Gasteiger partial charge on any atom is 0.194 e. The van der Waals surface area contributed by atoms with Crippen LogP contribution in [0.15, 0.2) is 36.5 Å². The van der Waals surface area contributed by atoms with Gasteiger partial charge in [0.2, 0.25) is 0 Å². The van der Waals surface area contributed by atoms with Gasteiger partial charge >= 0.3 is 0 Å². The molecule has 5 atom stereocenters. The number of rotatable bonds is 5. The predicted octanol–water partition coefficient (Wildman–Crippen LogP) is 2.95. The number of hydrogen-bond donors (Lipinski definition) is 3. The first-order valence-corrected chi connectivity index (χ1v) is 11.9. The third-order valence-electron chi connectivity index (χ3n) is 6.14. The van der Waals surface area contributed by atoms with Gasteiger partial charge in [-0.2, -0.15) is 5.10 Å². The second-order valence-electron chi connectivity index (χ2n) is 8.59. The molecular weight excluding hydrogens is 552 g/mol. The molecule has 2 aromatic heterocycles. The van der Waals surface area contributed by atoms with E-state index in [1.807, 2.05) is 0 Å². The lowest BCUT2D eigenvalue weighted by Crippen LogP contribution is -2.53. The van der Waals surface area contributed by atoms with E-state index in [2.05, 4.69) is 20.4 Å². The largest absolute Gasteiger partial charge is 0.394 e. The van der Waals surface area contributed by atoms with Crippen molar-refractivity contribution in [3.8, 4) is 16.9 Å². The molecule has 38 heavy (non-hydrogen) atoms. The van der Waals surface area contributed by atoms with Crippen LogP contribution in [0.5, 0.6) is 0 Å². The highest BCUT2D eigenvalue weighted by Crippen LogP contribution is 2.39. The summed E-state index contributed by atoms with van der Waals surface area (Å²) in [6, 6.07) is 5.07. The lowest BCUT2D eigenvalue weighted by molar-refractivity contribution is -0.210. The molecule has 2 aromatic carbocycles. The Morgan fingerprint density at radius 2 is 1.79 bits per heavy atom. The van der Waals surface area contributed by atoms with Crippen molar-refractivity contribution in [1.29, 1.82) is 0 Å². The highest BCUT2D eigenvalue weighted by atomic mass is 35.5. The molecule has 0 bridgehead atoms. The van der Waals surface area contributed by atoms with Crippen LogP contribution in [0.2, 0.25) is 10.0 Å². The molecule has 0 radical (unpaired) electrons. The zero-order valence-electron chi connectivity index (χ0n) is 19.4. The third kappa shape index (κ3) is 4.55. The lowest BCUT2D eigenvalue weighted by Gasteiger charge is -2.41. The molecule has 0 spiro atoms. The van der Waals surface area contributed by atoms with Gasteiger partial charge in [-0.1, -0.05) is 34.5 Å². The van der Waals surface area contributed by atoms with E-state index in [0.717, 1.165) is 16.8 Å². The van der Waals surface area contributed by atoms with Crippen LogP contribution in [0.3, 0.4) is 0 Å². The molecule has 1 aliphatic heterocycles. The average Bonchev–Trinajstić information content (AvgIpc) is 3.51. The van der Waals surface area contributed by atoms with Crippen molar-refractivity contribution < 1.29 is 33.2 Å². The van der Waals surface area contributed by atoms with Crippen LogP contribution >= 0.6 is 23.2 Å². The van der Waals surface area contributed by atoms with Crippen LogP contribution in [0.4, 0.5) is 13.2 Å². The number of ether oxygens (including phenoxy) is 1. The number of aromatic nitrogens is 6. The summed E-state index contributed by atoms with van der Waals surface area (Å²) < 4.78 is 49.1. The number of aryl methyl sites for hydroxylation is 1. The summed E-state index contributed by atoms with van der Waals surface area (Å²) in [4.78, 5) is 4.37. The smallest absolute Gasteiger partial charge is 0.194 e. The summed E-state index contributed by atoms with van der Waals surface area (Å²) in [6.45, 7) is 0.968. The van der Waals surface area contributed by atoms with Crippen LogP contribution in [-0.2, 0) is 4.74 Å². The Kier molecular flexibility index (Phi) is 7.15. The minimum Gasteiger partial charge on any atom is -0.394 e. The quantitative estimate of drug-likeness (QED) is 0.312. The highest BCUT2D eigenvalue weighted by Gasteiger charge is 2.48. The van der Waals surface area contributed by atoms with Gasteiger partial charge in [-0.05, 0) is 31.2 Å². The molecule has 4 aromatic rings. The summed E-state index contributed by atoms with van der Waals surface area (Å²) in [5, 5.41) is 44.7. The Bertz CT molecular complexity index is 1480. The van der Waals surface area contributed by atoms with Gasteiger partial charge in [0.25, 0.3) is 0 Å². The second-order valence-corrected chi connectivity index (χ2v) is 9.37. The molecule has 0 aliphatic carbocycles. The monoisotopic (exact) mass is 570 g/mol. The summed E-state index contributed by atoms with van der Waals surface area (Å²) in [5.41, 5.74) is 0.164. The molecule has 1 unspecified atom stereocenters. The normalized spacial score (nSPS) is 23.7. The number of halogens is 5. The molecule has 15 heteroatoms. The van der Waals surface area contributed by atoms with Crippen LogP contribution in [0, 0.1) is 24.4 Å². The molecule has 10 nitrogen and oxygen atoms in total. The fourth-order valence-electron chi connectivity index (χ4n) is 4.33. The van der Waals surface area contributed by atoms with E-state index < -0.39 is 54.5 Å². The van der Waals surface area contributed by atoms with E-state index in [9.17, 15) is 28.5 Å². The van der Waals surface area contributed by atoms with Crippen molar-refractivity contribution in [2.24, 2.45) is 0 Å². The Morgan fingerprint density at radius 3 is 2.47 bits per heavy atom. The molecule has 3 N–H and O–H groups in total. The molecule has 1 saturated heterocycles. The van der Waals surface area contributed by atoms with Crippen molar-refractivity contribution in [3.05, 3.63) is 75.7 Å². The molecule has 5 rings (SSSR count). The maximum atomic E-state index is 13.8. The Labute approximate surface area is 222 Å². The van der Waals surface area contributed by atoms with Crippen molar-refractivity contribution in [1.82, 2.24) is 29.8 Å². The number of benzene rings is 2. The first kappa shape index (κ1) is 26.5. The van der Waals surface area contributed by atoms with E-state index in [4.69, 9.17) is 27.9 Å². The summed E-state index contributed by atoms with van der Waals surface area (Å²) >= 11 is 12.5. The Hall–Kier alpha value is -3.07. The van der Waals surface area contributed by atoms with E-state index >= 15 is 0 Å². The van der Waals surface area contributed by atoms with Crippen LogP contribution < -0.4 is 0 Å². The molecule has 0 amide bonds. The van der Waals surface area contributed by atoms with E-state index in [0.29, 0.717) is 11.5 Å². The SMILES string of the molecule is Cc1nc([C@@H]2O[C@H](CO)C(O)[C@H](n3cc(-c4cc(F)c(F)c(F)c4)nn3)[C@H]2O)n(-c2cccc(Cl)c2Cl)n1. The minimum atomic E-state index is -1.63. The van der Waals surface area contributed by atoms with Gasteiger partial charge < -0.3 is 20.1 Å². The summed E-state index contributed by atoms with van der Waals surface area (Å²) in [5.74, 6) is -4.08. The Balaban J connectivity index is 1.55. The van der Waals surface area contributed by atoms with Crippen LogP contribution in [0.25, 0.3) is 16.9 Å². The topological polar surface area (TPSA) is 131 Å². The fraction of sp³-hybridized carbons (Fsp3) is 0.304. The van der Waals surface area contributed by atoms with E-state index in [-0.39, 0.29) is 27.1 Å². The molecular formula is C23H19Cl2F3N6O4. The van der Waals surface area contributed by atoms with Crippen LogP contribution in [-0.4, -0.2) is 70.0 Å². The number of hydrogen-bond acceptors (Lipinski definition) is 8. The van der Waals surface area contributed by atoms with Gasteiger partial charge in [-0.15, -0.1) is 5.10 Å². The lowest BCUT2D eigenvalue weighted by atomic mass is 9.92. The van der Waals surface area contributed by atoms with Gasteiger partial charge in [0.15, 0.2) is 23.3 Å². The fourth-order valence-corrected chi connectivity index (χ4v) is 4.71. The van der Waals surface area contributed by atoms with Gasteiger partial charge in [-0.25, -0.2) is 27.5 Å². The first-order valence-electron chi connectivity index (χ1n) is 11.2. The van der Waals surface area contributed by atoms with Gasteiger partial charge in [0.05, 0.1) is 28.5 Å². The molecule has 3 heterocycles. The minimum absolute atomic E-state index is 0.0597. The van der Waals surface area contributed by atoms with Crippen molar-refractivity contribution in [2.45, 2.75) is 37.4 Å². The van der Waals surface area contributed by atoms with Crippen molar-refractivity contribution >= 4 is 23.2 Å². The molecule has 1 aliphatic rings. The van der Waals surface area contributed by atoms with Crippen molar-refractivity contribution in [3.63, 3.8) is 0 Å². The molecule has 200 valence electrons. The average molecular weight is 571 g/mol. The molecule has 1 fully saturated rings. The van der Waals surface area contributed by atoms with Gasteiger partial charge in [0, 0.05) is 5.56 Å². The maximum absolute atomic E-state index is 13.8. The van der Waals surface area contributed by atoms with Gasteiger partial charge in [0.1, 0.15) is 42.0 Å². The van der Waals surface area contributed by atoms with Crippen molar-refractivity contribution in [2.75, 3.05) is 6.61 Å². The zero-order valence-corrected chi connectivity index (χ0v) is 20.9. The highest BCUT2D eigenvalue weighted by molar-refractivity contribution is 6.43. The van der Waals surface area contributed by atoms with E-state index in [1.54, 1.807) is 25.1 Å². The summed E-state index contributed by atoms with van der Waals surface area (Å²) in [6.07, 6.45) is -4.28. The van der Waals surface area contributed by atoms with E-state index in [1.165, 1.54) is 10.9 Å². The Morgan fingerprint density at radius 1 is 1.08 bits per heavy atom. The third-order valence-corrected chi connectivity index (χ3v) is 6.95. The second kappa shape index (κ2) is 10.2. The number of nitrogens with zero attached hydrogens (tertiary/aromatic N) is 6.